The molecule has 0 radical (unpaired) electrons. The third kappa shape index (κ3) is 2.98. The molecule has 0 bridgehead atoms. The lowest BCUT2D eigenvalue weighted by atomic mass is 9.87. The van der Waals surface area contributed by atoms with Gasteiger partial charge in [-0.05, 0) is 36.0 Å². The van der Waals surface area contributed by atoms with Crippen LogP contribution in [-0.2, 0) is 31.9 Å². The first-order valence-corrected chi connectivity index (χ1v) is 11.1. The van der Waals surface area contributed by atoms with Gasteiger partial charge in [0.05, 0.1) is 0 Å². The number of rotatable bonds is 5. The number of fused-ring (bicyclic) bond motifs is 2. The molecule has 174 valence electrons. The van der Waals surface area contributed by atoms with Gasteiger partial charge < -0.3 is 10.6 Å². The fourth-order valence-electron chi connectivity index (χ4n) is 5.08. The first kappa shape index (κ1) is 21.6. The maximum absolute atomic E-state index is 13.2. The minimum atomic E-state index is -1.32. The van der Waals surface area contributed by atoms with E-state index >= 15 is 0 Å². The molecule has 2 heterocycles. The van der Waals surface area contributed by atoms with E-state index in [2.05, 4.69) is 16.1 Å². The second-order valence-electron chi connectivity index (χ2n) is 8.61. The summed E-state index contributed by atoms with van der Waals surface area (Å²) in [5, 5.41) is 6.02. The third-order valence-corrected chi connectivity index (χ3v) is 6.85. The molecule has 2 fully saturated rings. The summed E-state index contributed by atoms with van der Waals surface area (Å²) < 4.78 is 0. The molecule has 0 unspecified atom stereocenters. The van der Waals surface area contributed by atoms with Crippen LogP contribution in [0.3, 0.4) is 0 Å². The summed E-state index contributed by atoms with van der Waals surface area (Å²) in [6.45, 7) is 1.12. The zero-order valence-corrected chi connectivity index (χ0v) is 18.5. The van der Waals surface area contributed by atoms with Gasteiger partial charge in [0.1, 0.15) is 17.6 Å². The molecule has 2 saturated heterocycles. The Morgan fingerprint density at radius 3 is 2.38 bits per heavy atom. The third-order valence-electron chi connectivity index (χ3n) is 6.85. The van der Waals surface area contributed by atoms with Crippen molar-refractivity contribution in [2.24, 2.45) is 0 Å². The van der Waals surface area contributed by atoms with Crippen molar-refractivity contribution in [2.45, 2.75) is 37.3 Å². The standard InChI is InChI=1S/C24H23N5O5/c1-2-23(16-9-4-3-5-10-16)20(32)29(22(34)26-23)27-18(30)14-28-19(31)24(25-21(28)33)13-12-15-8-6-7-11-17(15)24/h3-11H,2,12-14H2,1H3,(H,25,33)(H,26,34)(H,27,30)/t23-,24-/m0/s1. The minimum absolute atomic E-state index is 0.267. The second kappa shape index (κ2) is 7.68. The van der Waals surface area contributed by atoms with E-state index < -0.39 is 47.4 Å². The van der Waals surface area contributed by atoms with E-state index in [9.17, 15) is 24.0 Å². The van der Waals surface area contributed by atoms with Crippen LogP contribution in [0.15, 0.2) is 54.6 Å². The molecule has 1 spiro atoms. The van der Waals surface area contributed by atoms with Crippen LogP contribution in [0.2, 0.25) is 0 Å². The van der Waals surface area contributed by atoms with Crippen molar-refractivity contribution in [1.29, 1.82) is 0 Å². The van der Waals surface area contributed by atoms with E-state index in [-0.39, 0.29) is 6.42 Å². The van der Waals surface area contributed by atoms with E-state index in [4.69, 9.17) is 0 Å². The molecule has 2 atom stereocenters. The van der Waals surface area contributed by atoms with Crippen LogP contribution in [-0.4, -0.2) is 46.2 Å². The maximum Gasteiger partial charge on any atom is 0.344 e. The second-order valence-corrected chi connectivity index (χ2v) is 8.61. The number of hydrogen-bond acceptors (Lipinski definition) is 5. The van der Waals surface area contributed by atoms with Gasteiger partial charge in [0.15, 0.2) is 0 Å². The minimum Gasteiger partial charge on any atom is -0.319 e. The van der Waals surface area contributed by atoms with Crippen molar-refractivity contribution in [1.82, 2.24) is 26.0 Å². The molecule has 34 heavy (non-hydrogen) atoms. The van der Waals surface area contributed by atoms with Crippen molar-refractivity contribution in [3.8, 4) is 0 Å². The number of aryl methyl sites for hydroxylation is 1. The molecular formula is C24H23N5O5. The predicted molar refractivity (Wildman–Crippen MR) is 119 cm³/mol. The van der Waals surface area contributed by atoms with Gasteiger partial charge in [-0.15, -0.1) is 0 Å². The molecule has 10 nitrogen and oxygen atoms in total. The molecule has 1 aliphatic carbocycles. The molecular weight excluding hydrogens is 438 g/mol. The average Bonchev–Trinajstić information content (AvgIpc) is 3.42. The SMILES string of the molecule is CC[C@@]1(c2ccccc2)NC(=O)N(NC(=O)CN2C(=O)N[C@]3(CCc4ccccc43)C2=O)C1=O. The van der Waals surface area contributed by atoms with Crippen LogP contribution in [0.5, 0.6) is 0 Å². The topological polar surface area (TPSA) is 128 Å². The first-order valence-electron chi connectivity index (χ1n) is 11.1. The predicted octanol–water partition coefficient (Wildman–Crippen LogP) is 1.27. The maximum atomic E-state index is 13.2. The van der Waals surface area contributed by atoms with Crippen LogP contribution in [0.1, 0.15) is 36.5 Å². The fraction of sp³-hybridized carbons (Fsp3) is 0.292. The van der Waals surface area contributed by atoms with Gasteiger partial charge in [-0.1, -0.05) is 61.5 Å². The molecule has 3 aliphatic rings. The largest absolute Gasteiger partial charge is 0.344 e. The highest BCUT2D eigenvalue weighted by atomic mass is 16.2. The molecule has 2 aliphatic heterocycles. The number of hydrazine groups is 1. The molecule has 2 aromatic carbocycles. The summed E-state index contributed by atoms with van der Waals surface area (Å²) in [5.74, 6) is -2.00. The van der Waals surface area contributed by atoms with Crippen LogP contribution in [0, 0.1) is 0 Å². The first-order chi connectivity index (χ1) is 16.3. The molecule has 3 N–H and O–H groups in total. The van der Waals surface area contributed by atoms with Gasteiger partial charge in [0, 0.05) is 0 Å². The zero-order valence-electron chi connectivity index (χ0n) is 18.5. The van der Waals surface area contributed by atoms with E-state index in [1.807, 2.05) is 12.1 Å². The molecule has 2 aromatic rings. The van der Waals surface area contributed by atoms with E-state index in [1.165, 1.54) is 0 Å². The van der Waals surface area contributed by atoms with Crippen molar-refractivity contribution in [2.75, 3.05) is 6.54 Å². The number of urea groups is 2. The van der Waals surface area contributed by atoms with Crippen molar-refractivity contribution in [3.63, 3.8) is 0 Å². The Morgan fingerprint density at radius 1 is 0.941 bits per heavy atom. The molecule has 5 rings (SSSR count). The fourth-order valence-corrected chi connectivity index (χ4v) is 5.08. The highest BCUT2D eigenvalue weighted by Crippen LogP contribution is 2.41. The number of hydrogen-bond donors (Lipinski definition) is 3. The van der Waals surface area contributed by atoms with Gasteiger partial charge in [0.25, 0.3) is 17.7 Å². The van der Waals surface area contributed by atoms with Gasteiger partial charge in [-0.3, -0.25) is 24.7 Å². The van der Waals surface area contributed by atoms with Crippen LogP contribution in [0.25, 0.3) is 0 Å². The number of carbonyl (C=O) groups excluding carboxylic acids is 5. The summed E-state index contributed by atoms with van der Waals surface area (Å²) in [7, 11) is 0. The monoisotopic (exact) mass is 461 g/mol. The number of benzene rings is 2. The van der Waals surface area contributed by atoms with Gasteiger partial charge >= 0.3 is 12.1 Å². The number of nitrogens with zero attached hydrogens (tertiary/aromatic N) is 2. The highest BCUT2D eigenvalue weighted by Gasteiger charge is 2.56. The van der Waals surface area contributed by atoms with Crippen LogP contribution in [0.4, 0.5) is 9.59 Å². The molecule has 7 amide bonds. The molecule has 10 heteroatoms. The smallest absolute Gasteiger partial charge is 0.319 e. The van der Waals surface area contributed by atoms with Crippen molar-refractivity contribution >= 4 is 29.8 Å². The highest BCUT2D eigenvalue weighted by molar-refractivity contribution is 6.11. The number of imide groups is 2. The summed E-state index contributed by atoms with van der Waals surface area (Å²) in [6.07, 6.45) is 1.30. The van der Waals surface area contributed by atoms with E-state index in [0.29, 0.717) is 23.4 Å². The normalized spacial score (nSPS) is 25.6. The Bertz CT molecular complexity index is 1190. The van der Waals surface area contributed by atoms with Gasteiger partial charge in [0.2, 0.25) is 0 Å². The van der Waals surface area contributed by atoms with E-state index in [0.717, 1.165) is 16.0 Å². The lowest BCUT2D eigenvalue weighted by Crippen LogP contribution is -2.52. The summed E-state index contributed by atoms with van der Waals surface area (Å²) in [5.41, 5.74) is 2.03. The van der Waals surface area contributed by atoms with Crippen molar-refractivity contribution < 1.29 is 24.0 Å². The van der Waals surface area contributed by atoms with Gasteiger partial charge in [-0.25, -0.2) is 9.59 Å². The Balaban J connectivity index is 1.32. The lowest BCUT2D eigenvalue weighted by Gasteiger charge is -2.25. The quantitative estimate of drug-likeness (QED) is 0.578. The van der Waals surface area contributed by atoms with Crippen molar-refractivity contribution in [3.05, 3.63) is 71.3 Å². The number of carbonyl (C=O) groups is 5. The summed E-state index contributed by atoms with van der Waals surface area (Å²) >= 11 is 0. The Labute approximate surface area is 195 Å². The van der Waals surface area contributed by atoms with E-state index in [1.54, 1.807) is 49.4 Å². The lowest BCUT2D eigenvalue weighted by molar-refractivity contribution is -0.141. The average molecular weight is 461 g/mol. The Hall–Kier alpha value is -4.21. The molecule has 0 aromatic heterocycles. The summed E-state index contributed by atoms with van der Waals surface area (Å²) in [4.78, 5) is 65.2. The van der Waals surface area contributed by atoms with Crippen LogP contribution >= 0.6 is 0 Å². The van der Waals surface area contributed by atoms with Gasteiger partial charge in [-0.2, -0.15) is 5.01 Å². The zero-order chi connectivity index (χ0) is 24.1. The Morgan fingerprint density at radius 2 is 1.65 bits per heavy atom. The number of nitrogens with one attached hydrogen (secondary N) is 3. The van der Waals surface area contributed by atoms with Crippen LogP contribution < -0.4 is 16.1 Å². The summed E-state index contributed by atoms with van der Waals surface area (Å²) in [6, 6.07) is 14.6. The Kier molecular flexibility index (Phi) is 4.89. The molecule has 0 saturated carbocycles. The number of amides is 7.